The Morgan fingerprint density at radius 1 is 1.52 bits per heavy atom. The molecule has 3 rings (SSSR count). The number of amides is 3. The monoisotopic (exact) mass is 541 g/mol. The van der Waals surface area contributed by atoms with Gasteiger partial charge in [0.15, 0.2) is 10.8 Å². The van der Waals surface area contributed by atoms with Crippen molar-refractivity contribution in [2.75, 3.05) is 24.8 Å². The zero-order valence-corrected chi connectivity index (χ0v) is 21.3. The van der Waals surface area contributed by atoms with Gasteiger partial charge < -0.3 is 30.5 Å². The fourth-order valence-electron chi connectivity index (χ4n) is 2.85. The Morgan fingerprint density at radius 3 is 2.81 bits per heavy atom. The van der Waals surface area contributed by atoms with E-state index in [9.17, 15) is 29.4 Å². The molecule has 0 bridgehead atoms. The Hall–Kier alpha value is -1.49. The molecule has 0 saturated carbocycles. The van der Waals surface area contributed by atoms with Gasteiger partial charge in [0.2, 0.25) is 6.41 Å². The van der Waals surface area contributed by atoms with Crippen LogP contribution in [0.25, 0.3) is 0 Å². The SMILES string of the molecule is CO/N=C(\C(=O)NC1C(=O)N2C(C(=O)[O-])=C(CO)CS[C@H]12)c1nc(NC=O)sc1Br.[Na+]. The van der Waals surface area contributed by atoms with E-state index in [1.165, 1.54) is 18.9 Å². The fraction of sp³-hybridized carbons (Fsp3) is 0.333. The molecule has 1 saturated heterocycles. The number of carbonyl (C=O) groups is 4. The number of hydrogen-bond donors (Lipinski definition) is 3. The Bertz CT molecular complexity index is 985. The number of aliphatic hydroxyl groups is 1. The first-order valence-electron chi connectivity index (χ1n) is 8.11. The van der Waals surface area contributed by atoms with Gasteiger partial charge >= 0.3 is 29.6 Å². The van der Waals surface area contributed by atoms with Crippen LogP contribution in [0.15, 0.2) is 20.2 Å². The van der Waals surface area contributed by atoms with Crippen LogP contribution in [0.2, 0.25) is 0 Å². The minimum Gasteiger partial charge on any atom is -0.543 e. The number of thioether (sulfide) groups is 1. The summed E-state index contributed by atoms with van der Waals surface area (Å²) in [6.07, 6.45) is 0.424. The number of fused-ring (bicyclic) bond motifs is 1. The van der Waals surface area contributed by atoms with Gasteiger partial charge in [-0.1, -0.05) is 16.5 Å². The van der Waals surface area contributed by atoms with Crippen molar-refractivity contribution in [3.05, 3.63) is 20.8 Å². The maximum absolute atomic E-state index is 12.8. The Kier molecular flexibility index (Phi) is 9.05. The summed E-state index contributed by atoms with van der Waals surface area (Å²) >= 11 is 5.47. The molecular formula is C15H13BrN5NaO7S2. The quantitative estimate of drug-likeness (QED) is 0.0959. The number of thiazole rings is 1. The topological polar surface area (TPSA) is 173 Å². The Morgan fingerprint density at radius 2 is 2.23 bits per heavy atom. The zero-order chi connectivity index (χ0) is 22.0. The summed E-state index contributed by atoms with van der Waals surface area (Å²) in [5.41, 5.74) is -0.383. The first-order chi connectivity index (χ1) is 14.3. The van der Waals surface area contributed by atoms with E-state index in [1.54, 1.807) is 0 Å². The van der Waals surface area contributed by atoms with E-state index in [4.69, 9.17) is 4.84 Å². The summed E-state index contributed by atoms with van der Waals surface area (Å²) < 4.78 is 0.390. The standard InChI is InChI=1S/C15H14BrN5O7S2.Na/c1-28-20-7(6-10(16)30-15(19-6)17-4-23)11(24)18-8-12(25)21-9(14(26)27)5(2-22)3-29-13(8)21;/h4,8,13,22H,2-3H2,1H3,(H,18,24)(H,26,27)(H,17,19,23);/q;+1/p-1/b20-7-;/t8?,13-;/m1./s1. The van der Waals surface area contributed by atoms with Crippen LogP contribution in [0.3, 0.4) is 0 Å². The van der Waals surface area contributed by atoms with Crippen LogP contribution in [0.1, 0.15) is 5.69 Å². The molecule has 2 aliphatic heterocycles. The molecule has 0 aliphatic carbocycles. The average molecular weight is 542 g/mol. The molecule has 1 fully saturated rings. The van der Waals surface area contributed by atoms with Crippen molar-refractivity contribution in [1.82, 2.24) is 15.2 Å². The van der Waals surface area contributed by atoms with Crippen molar-refractivity contribution < 1.29 is 63.8 Å². The van der Waals surface area contributed by atoms with Crippen molar-refractivity contribution in [1.29, 1.82) is 0 Å². The summed E-state index contributed by atoms with van der Waals surface area (Å²) in [6.45, 7) is -0.524. The third-order valence-electron chi connectivity index (χ3n) is 4.11. The molecule has 2 aliphatic rings. The summed E-state index contributed by atoms with van der Waals surface area (Å²) in [5, 5.41) is 28.8. The van der Waals surface area contributed by atoms with E-state index in [2.05, 4.69) is 36.7 Å². The number of aliphatic hydroxyl groups excluding tert-OH is 1. The number of hydrogen-bond acceptors (Lipinski definition) is 11. The van der Waals surface area contributed by atoms with E-state index in [0.29, 0.717) is 10.2 Å². The molecule has 0 radical (unpaired) electrons. The summed E-state index contributed by atoms with van der Waals surface area (Å²) in [7, 11) is 1.22. The fourth-order valence-corrected chi connectivity index (χ4v) is 5.57. The van der Waals surface area contributed by atoms with Gasteiger partial charge in [0.05, 0.1) is 18.3 Å². The Balaban J connectivity index is 0.00000341. The minimum absolute atomic E-state index is 0. The predicted molar refractivity (Wildman–Crippen MR) is 107 cm³/mol. The van der Waals surface area contributed by atoms with Gasteiger partial charge in [0.1, 0.15) is 28.0 Å². The van der Waals surface area contributed by atoms with Crippen molar-refractivity contribution in [3.8, 4) is 0 Å². The van der Waals surface area contributed by atoms with E-state index >= 15 is 0 Å². The maximum Gasteiger partial charge on any atom is 1.00 e. The average Bonchev–Trinajstić information content (AvgIpc) is 3.08. The molecule has 16 heteroatoms. The van der Waals surface area contributed by atoms with Crippen molar-refractivity contribution in [2.24, 2.45) is 5.16 Å². The number of halogens is 1. The molecule has 12 nitrogen and oxygen atoms in total. The number of aromatic nitrogens is 1. The second kappa shape index (κ2) is 10.9. The van der Waals surface area contributed by atoms with Crippen LogP contribution in [0, 0.1) is 0 Å². The number of carboxylic acids is 1. The summed E-state index contributed by atoms with van der Waals surface area (Å²) in [4.78, 5) is 57.1. The molecule has 3 amide bonds. The van der Waals surface area contributed by atoms with Gasteiger partial charge in [-0.15, -0.1) is 11.8 Å². The van der Waals surface area contributed by atoms with Gasteiger partial charge in [0, 0.05) is 5.75 Å². The molecule has 0 spiro atoms. The van der Waals surface area contributed by atoms with Gasteiger partial charge in [-0.2, -0.15) is 0 Å². The van der Waals surface area contributed by atoms with E-state index in [-0.39, 0.29) is 63.1 Å². The normalized spacial score (nSPS) is 20.3. The number of nitrogens with one attached hydrogen (secondary N) is 2. The van der Waals surface area contributed by atoms with Crippen LogP contribution in [-0.4, -0.2) is 75.8 Å². The van der Waals surface area contributed by atoms with Crippen LogP contribution >= 0.6 is 39.0 Å². The summed E-state index contributed by atoms with van der Waals surface area (Å²) in [5.74, 6) is -2.86. The number of carbonyl (C=O) groups excluding carboxylic acids is 4. The van der Waals surface area contributed by atoms with Crippen molar-refractivity contribution in [3.63, 3.8) is 0 Å². The zero-order valence-electron chi connectivity index (χ0n) is 16.1. The molecule has 3 heterocycles. The second-order valence-corrected chi connectivity index (χ2v) is 9.21. The molecule has 1 unspecified atom stereocenters. The van der Waals surface area contributed by atoms with E-state index in [1.807, 2.05) is 0 Å². The first-order valence-corrected chi connectivity index (χ1v) is 10.8. The smallest absolute Gasteiger partial charge is 0.543 e. The molecular weight excluding hydrogens is 529 g/mol. The molecule has 2 atom stereocenters. The number of rotatable bonds is 8. The number of anilines is 1. The number of nitrogens with zero attached hydrogens (tertiary/aromatic N) is 3. The number of oxime groups is 1. The number of aliphatic carboxylic acids is 1. The number of β-lactam (4-membered cyclic amide) rings is 1. The molecule has 3 N–H and O–H groups in total. The molecule has 31 heavy (non-hydrogen) atoms. The Labute approximate surface area is 213 Å². The summed E-state index contributed by atoms with van der Waals surface area (Å²) in [6, 6.07) is -1.02. The molecule has 1 aromatic heterocycles. The maximum atomic E-state index is 12.8. The third kappa shape index (κ3) is 4.97. The van der Waals surface area contributed by atoms with Gasteiger partial charge in [-0.25, -0.2) is 4.98 Å². The minimum atomic E-state index is -1.58. The van der Waals surface area contributed by atoms with Crippen LogP contribution in [-0.2, 0) is 24.0 Å². The van der Waals surface area contributed by atoms with Crippen LogP contribution in [0.5, 0.6) is 0 Å². The van der Waals surface area contributed by atoms with Crippen LogP contribution < -0.4 is 45.3 Å². The van der Waals surface area contributed by atoms with Crippen LogP contribution in [0.4, 0.5) is 5.13 Å². The first kappa shape index (κ1) is 25.8. The molecule has 160 valence electrons. The third-order valence-corrected chi connectivity index (χ3v) is 7.08. The van der Waals surface area contributed by atoms with E-state index < -0.39 is 35.8 Å². The largest absolute Gasteiger partial charge is 1.00 e. The van der Waals surface area contributed by atoms with Gasteiger partial charge in [-0.3, -0.25) is 19.3 Å². The number of carboxylic acid groups (broad SMARTS) is 1. The second-order valence-electron chi connectivity index (χ2n) is 5.78. The van der Waals surface area contributed by atoms with Crippen molar-refractivity contribution in [2.45, 2.75) is 11.4 Å². The van der Waals surface area contributed by atoms with Crippen molar-refractivity contribution >= 4 is 74.1 Å². The molecule has 1 aromatic rings. The van der Waals surface area contributed by atoms with E-state index in [0.717, 1.165) is 16.2 Å². The van der Waals surface area contributed by atoms with Gasteiger partial charge in [0.25, 0.3) is 11.8 Å². The predicted octanol–water partition coefficient (Wildman–Crippen LogP) is -4.78. The molecule has 0 aromatic carbocycles. The van der Waals surface area contributed by atoms with Gasteiger partial charge in [-0.05, 0) is 21.5 Å².